The molecular formula is C23H20N4O4S. The quantitative estimate of drug-likeness (QED) is 0.209. The van der Waals surface area contributed by atoms with E-state index in [0.29, 0.717) is 22.5 Å². The van der Waals surface area contributed by atoms with Crippen LogP contribution in [0.1, 0.15) is 5.56 Å². The first-order valence-corrected chi connectivity index (χ1v) is 10.7. The lowest BCUT2D eigenvalue weighted by molar-refractivity contribution is -0.384. The summed E-state index contributed by atoms with van der Waals surface area (Å²) in [5.41, 5.74) is 2.71. The molecule has 0 atom stereocenters. The molecule has 4 rings (SSSR count). The van der Waals surface area contributed by atoms with Gasteiger partial charge in [-0.15, -0.1) is 10.2 Å². The van der Waals surface area contributed by atoms with Crippen LogP contribution in [0.4, 0.5) is 5.69 Å². The molecule has 32 heavy (non-hydrogen) atoms. The highest BCUT2D eigenvalue weighted by Crippen LogP contribution is 2.34. The van der Waals surface area contributed by atoms with Crippen LogP contribution in [0.3, 0.4) is 0 Å². The second kappa shape index (κ2) is 9.52. The SMILES string of the molecule is COc1ccc(-n2c(SCc3ccc([N+](=O)[O-])cc3)nnc2-c2ccccc2OC)cc1. The van der Waals surface area contributed by atoms with E-state index in [-0.39, 0.29) is 5.69 Å². The molecule has 0 aliphatic heterocycles. The van der Waals surface area contributed by atoms with Gasteiger partial charge >= 0.3 is 0 Å². The lowest BCUT2D eigenvalue weighted by Gasteiger charge is -2.13. The van der Waals surface area contributed by atoms with Crippen LogP contribution in [0.2, 0.25) is 0 Å². The Morgan fingerprint density at radius 2 is 1.66 bits per heavy atom. The van der Waals surface area contributed by atoms with Crippen LogP contribution >= 0.6 is 11.8 Å². The van der Waals surface area contributed by atoms with Gasteiger partial charge in [-0.1, -0.05) is 36.0 Å². The van der Waals surface area contributed by atoms with Crippen molar-refractivity contribution in [3.63, 3.8) is 0 Å². The van der Waals surface area contributed by atoms with Gasteiger partial charge in [-0.25, -0.2) is 0 Å². The second-order valence-corrected chi connectivity index (χ2v) is 7.69. The van der Waals surface area contributed by atoms with E-state index in [1.807, 2.05) is 53.1 Å². The summed E-state index contributed by atoms with van der Waals surface area (Å²) < 4.78 is 12.8. The van der Waals surface area contributed by atoms with E-state index in [4.69, 9.17) is 9.47 Å². The number of nitro benzene ring substituents is 1. The first-order valence-electron chi connectivity index (χ1n) is 9.70. The third-order valence-corrected chi connectivity index (χ3v) is 5.83. The van der Waals surface area contributed by atoms with Gasteiger partial charge in [-0.3, -0.25) is 14.7 Å². The van der Waals surface area contributed by atoms with Gasteiger partial charge in [0.1, 0.15) is 11.5 Å². The summed E-state index contributed by atoms with van der Waals surface area (Å²) in [6.07, 6.45) is 0. The van der Waals surface area contributed by atoms with Crippen molar-refractivity contribution in [3.05, 3.63) is 88.5 Å². The highest BCUT2D eigenvalue weighted by atomic mass is 32.2. The van der Waals surface area contributed by atoms with Crippen LogP contribution in [-0.4, -0.2) is 33.9 Å². The number of benzene rings is 3. The maximum absolute atomic E-state index is 10.9. The standard InChI is InChI=1S/C23H20N4O4S/c1-30-19-13-11-17(12-14-19)26-22(20-5-3-4-6-21(20)31-2)24-25-23(26)32-15-16-7-9-18(10-8-16)27(28)29/h3-14H,15H2,1-2H3. The molecule has 0 fully saturated rings. The van der Waals surface area contributed by atoms with Crippen molar-refractivity contribution in [2.45, 2.75) is 10.9 Å². The Bertz CT molecular complexity index is 1220. The van der Waals surface area contributed by atoms with Gasteiger partial charge in [0, 0.05) is 17.9 Å². The number of hydrogen-bond donors (Lipinski definition) is 0. The zero-order valence-electron chi connectivity index (χ0n) is 17.5. The number of rotatable bonds is 8. The fraction of sp³-hybridized carbons (Fsp3) is 0.130. The van der Waals surface area contributed by atoms with E-state index in [2.05, 4.69) is 10.2 Å². The molecule has 4 aromatic rings. The normalized spacial score (nSPS) is 10.7. The Morgan fingerprint density at radius 3 is 2.31 bits per heavy atom. The molecule has 0 unspecified atom stereocenters. The summed E-state index contributed by atoms with van der Waals surface area (Å²) in [4.78, 5) is 10.5. The molecule has 9 heteroatoms. The number of hydrogen-bond acceptors (Lipinski definition) is 7. The molecule has 0 amide bonds. The molecule has 162 valence electrons. The van der Waals surface area contributed by atoms with Gasteiger partial charge in [-0.05, 0) is 42.0 Å². The van der Waals surface area contributed by atoms with Crippen molar-refractivity contribution >= 4 is 17.4 Å². The van der Waals surface area contributed by atoms with E-state index < -0.39 is 4.92 Å². The molecule has 3 aromatic carbocycles. The maximum atomic E-state index is 10.9. The molecule has 1 aromatic heterocycles. The Balaban J connectivity index is 1.71. The molecular weight excluding hydrogens is 428 g/mol. The number of ether oxygens (including phenoxy) is 2. The summed E-state index contributed by atoms with van der Waals surface area (Å²) >= 11 is 1.50. The van der Waals surface area contributed by atoms with Crippen LogP contribution in [-0.2, 0) is 5.75 Å². The maximum Gasteiger partial charge on any atom is 0.269 e. The number of non-ortho nitro benzene ring substituents is 1. The summed E-state index contributed by atoms with van der Waals surface area (Å²) in [6, 6.07) is 21.8. The van der Waals surface area contributed by atoms with Gasteiger partial charge in [0.2, 0.25) is 0 Å². The van der Waals surface area contributed by atoms with Crippen LogP contribution < -0.4 is 9.47 Å². The first kappa shape index (κ1) is 21.4. The highest BCUT2D eigenvalue weighted by Gasteiger charge is 2.19. The smallest absolute Gasteiger partial charge is 0.269 e. The van der Waals surface area contributed by atoms with Crippen molar-refractivity contribution in [3.8, 4) is 28.6 Å². The van der Waals surface area contributed by atoms with Crippen molar-refractivity contribution < 1.29 is 14.4 Å². The summed E-state index contributed by atoms with van der Waals surface area (Å²) in [7, 11) is 3.25. The zero-order chi connectivity index (χ0) is 22.5. The van der Waals surface area contributed by atoms with Gasteiger partial charge < -0.3 is 9.47 Å². The number of aromatic nitrogens is 3. The number of thioether (sulfide) groups is 1. The minimum Gasteiger partial charge on any atom is -0.497 e. The number of nitro groups is 1. The van der Waals surface area contributed by atoms with Gasteiger partial charge in [0.05, 0.1) is 30.4 Å². The zero-order valence-corrected chi connectivity index (χ0v) is 18.3. The second-order valence-electron chi connectivity index (χ2n) is 6.75. The summed E-state index contributed by atoms with van der Waals surface area (Å²) in [6.45, 7) is 0. The van der Waals surface area contributed by atoms with E-state index >= 15 is 0 Å². The van der Waals surface area contributed by atoms with Gasteiger partial charge in [0.15, 0.2) is 11.0 Å². The predicted molar refractivity (Wildman–Crippen MR) is 123 cm³/mol. The Labute approximate surface area is 189 Å². The van der Waals surface area contributed by atoms with Crippen molar-refractivity contribution in [1.82, 2.24) is 14.8 Å². The van der Waals surface area contributed by atoms with Crippen molar-refractivity contribution in [2.24, 2.45) is 0 Å². The molecule has 0 bridgehead atoms. The average Bonchev–Trinajstić information content (AvgIpc) is 3.26. The largest absolute Gasteiger partial charge is 0.497 e. The Hall–Kier alpha value is -3.85. The fourth-order valence-corrected chi connectivity index (χ4v) is 4.10. The minimum absolute atomic E-state index is 0.0682. The van der Waals surface area contributed by atoms with Crippen LogP contribution in [0.5, 0.6) is 11.5 Å². The molecule has 0 aliphatic rings. The fourth-order valence-electron chi connectivity index (χ4n) is 3.19. The van der Waals surface area contributed by atoms with Crippen LogP contribution in [0.25, 0.3) is 17.1 Å². The van der Waals surface area contributed by atoms with Gasteiger partial charge in [0.25, 0.3) is 5.69 Å². The topological polar surface area (TPSA) is 92.3 Å². The summed E-state index contributed by atoms with van der Waals surface area (Å²) in [5.74, 6) is 2.68. The van der Waals surface area contributed by atoms with Crippen molar-refractivity contribution in [1.29, 1.82) is 0 Å². The first-order chi connectivity index (χ1) is 15.6. The Morgan fingerprint density at radius 1 is 0.938 bits per heavy atom. The molecule has 0 saturated heterocycles. The minimum atomic E-state index is -0.406. The van der Waals surface area contributed by atoms with E-state index in [0.717, 1.165) is 22.6 Å². The third-order valence-electron chi connectivity index (χ3n) is 4.83. The van der Waals surface area contributed by atoms with E-state index in [1.54, 1.807) is 26.4 Å². The molecule has 0 saturated carbocycles. The van der Waals surface area contributed by atoms with E-state index in [1.165, 1.54) is 23.9 Å². The monoisotopic (exact) mass is 448 g/mol. The Kier molecular flexibility index (Phi) is 6.37. The average molecular weight is 449 g/mol. The summed E-state index contributed by atoms with van der Waals surface area (Å²) in [5, 5.41) is 20.5. The number of methoxy groups -OCH3 is 2. The van der Waals surface area contributed by atoms with Crippen LogP contribution in [0, 0.1) is 10.1 Å². The van der Waals surface area contributed by atoms with Gasteiger partial charge in [-0.2, -0.15) is 0 Å². The van der Waals surface area contributed by atoms with Crippen LogP contribution in [0.15, 0.2) is 78.0 Å². The lowest BCUT2D eigenvalue weighted by atomic mass is 10.2. The van der Waals surface area contributed by atoms with E-state index in [9.17, 15) is 10.1 Å². The molecule has 0 aliphatic carbocycles. The third kappa shape index (κ3) is 4.42. The molecule has 0 N–H and O–H groups in total. The molecule has 1 heterocycles. The number of nitrogens with zero attached hydrogens (tertiary/aromatic N) is 4. The predicted octanol–water partition coefficient (Wildman–Crippen LogP) is 5.15. The number of para-hydroxylation sites is 1. The molecule has 0 radical (unpaired) electrons. The van der Waals surface area contributed by atoms with Crippen molar-refractivity contribution in [2.75, 3.05) is 14.2 Å². The highest BCUT2D eigenvalue weighted by molar-refractivity contribution is 7.98. The lowest BCUT2D eigenvalue weighted by Crippen LogP contribution is -2.01. The molecule has 8 nitrogen and oxygen atoms in total. The molecule has 0 spiro atoms.